The Kier molecular flexibility index (Phi) is 3.92. The number of hydrogen-bond acceptors (Lipinski definition) is 2. The Morgan fingerprint density at radius 2 is 1.88 bits per heavy atom. The van der Waals surface area contributed by atoms with Gasteiger partial charge in [0.25, 0.3) is 0 Å². The Bertz CT molecular complexity index is 270. The monoisotopic (exact) mass is 239 g/mol. The Labute approximate surface area is 104 Å². The summed E-state index contributed by atoms with van der Waals surface area (Å²) < 4.78 is 0. The van der Waals surface area contributed by atoms with Crippen LogP contribution in [0.5, 0.6) is 0 Å². The molecule has 2 fully saturated rings. The first kappa shape index (κ1) is 12.7. The quantitative estimate of drug-likeness (QED) is 0.795. The van der Waals surface area contributed by atoms with E-state index in [9.17, 15) is 4.79 Å². The molecule has 0 atom stereocenters. The Morgan fingerprint density at radius 3 is 2.47 bits per heavy atom. The Morgan fingerprint density at radius 1 is 1.24 bits per heavy atom. The molecule has 4 heteroatoms. The molecule has 0 radical (unpaired) electrons. The molecule has 0 aromatic heterocycles. The average molecular weight is 239 g/mol. The van der Waals surface area contributed by atoms with Gasteiger partial charge in [-0.1, -0.05) is 26.7 Å². The summed E-state index contributed by atoms with van der Waals surface area (Å²) in [5.41, 5.74) is 3.29. The molecule has 0 aromatic rings. The van der Waals surface area contributed by atoms with Crippen LogP contribution in [0.1, 0.15) is 58.8 Å². The number of carbonyl (C=O) groups excluding carboxylic acids is 1. The standard InChI is InChI=1S/C13H25N3O/c1-11(2)7-10-16-12(17)14-13(15-16)8-5-3-4-6-9-13/h11,15H,3-10H2,1-2H3,(H,14,17). The normalized spacial score (nSPS) is 24.2. The third-order valence-corrected chi connectivity index (χ3v) is 3.83. The maximum Gasteiger partial charge on any atom is 0.333 e. The van der Waals surface area contributed by atoms with Gasteiger partial charge in [-0.15, -0.1) is 0 Å². The van der Waals surface area contributed by atoms with Crippen molar-refractivity contribution < 1.29 is 4.79 Å². The van der Waals surface area contributed by atoms with Crippen LogP contribution in [-0.2, 0) is 0 Å². The number of rotatable bonds is 3. The number of nitrogens with zero attached hydrogens (tertiary/aromatic N) is 1. The molecule has 0 bridgehead atoms. The van der Waals surface area contributed by atoms with Crippen LogP contribution in [0.25, 0.3) is 0 Å². The van der Waals surface area contributed by atoms with Crippen molar-refractivity contribution in [3.8, 4) is 0 Å². The van der Waals surface area contributed by atoms with Crippen LogP contribution in [0.15, 0.2) is 0 Å². The molecule has 2 rings (SSSR count). The van der Waals surface area contributed by atoms with Crippen LogP contribution in [0.2, 0.25) is 0 Å². The number of carbonyl (C=O) groups is 1. The number of nitrogens with one attached hydrogen (secondary N) is 2. The van der Waals surface area contributed by atoms with Crippen LogP contribution >= 0.6 is 0 Å². The van der Waals surface area contributed by atoms with Gasteiger partial charge in [-0.05, 0) is 38.0 Å². The van der Waals surface area contributed by atoms with Gasteiger partial charge in [-0.25, -0.2) is 10.2 Å². The molecule has 17 heavy (non-hydrogen) atoms. The van der Waals surface area contributed by atoms with E-state index in [0.717, 1.165) is 25.8 Å². The second-order valence-corrected chi connectivity index (χ2v) is 5.87. The van der Waals surface area contributed by atoms with Crippen molar-refractivity contribution in [2.45, 2.75) is 64.5 Å². The lowest BCUT2D eigenvalue weighted by Gasteiger charge is -2.28. The van der Waals surface area contributed by atoms with Gasteiger partial charge in [0, 0.05) is 6.54 Å². The van der Waals surface area contributed by atoms with Crippen molar-refractivity contribution in [3.05, 3.63) is 0 Å². The van der Waals surface area contributed by atoms with Gasteiger partial charge >= 0.3 is 6.03 Å². The number of amides is 2. The molecule has 1 aliphatic heterocycles. The molecule has 4 nitrogen and oxygen atoms in total. The van der Waals surface area contributed by atoms with Crippen molar-refractivity contribution in [3.63, 3.8) is 0 Å². The predicted octanol–water partition coefficient (Wildman–Crippen LogP) is 2.61. The second-order valence-electron chi connectivity index (χ2n) is 5.87. The highest BCUT2D eigenvalue weighted by molar-refractivity contribution is 5.76. The Balaban J connectivity index is 1.92. The minimum Gasteiger partial charge on any atom is -0.317 e. The van der Waals surface area contributed by atoms with Crippen LogP contribution in [0.3, 0.4) is 0 Å². The predicted molar refractivity (Wildman–Crippen MR) is 68.3 cm³/mol. The van der Waals surface area contributed by atoms with Crippen molar-refractivity contribution in [2.75, 3.05) is 6.54 Å². The fraction of sp³-hybridized carbons (Fsp3) is 0.923. The molecule has 1 saturated carbocycles. The molecule has 2 aliphatic rings. The summed E-state index contributed by atoms with van der Waals surface area (Å²) in [6.07, 6.45) is 8.21. The van der Waals surface area contributed by atoms with Gasteiger partial charge in [0.2, 0.25) is 0 Å². The molecule has 1 saturated heterocycles. The highest BCUT2D eigenvalue weighted by atomic mass is 16.2. The molecule has 1 aliphatic carbocycles. The largest absolute Gasteiger partial charge is 0.333 e. The summed E-state index contributed by atoms with van der Waals surface area (Å²) in [4.78, 5) is 11.9. The third-order valence-electron chi connectivity index (χ3n) is 3.83. The third kappa shape index (κ3) is 3.12. The summed E-state index contributed by atoms with van der Waals surface area (Å²) >= 11 is 0. The molecule has 2 N–H and O–H groups in total. The summed E-state index contributed by atoms with van der Waals surface area (Å²) in [5, 5.41) is 4.94. The van der Waals surface area contributed by atoms with E-state index in [1.165, 1.54) is 25.7 Å². The van der Waals surface area contributed by atoms with Gasteiger partial charge in [-0.3, -0.25) is 5.01 Å². The molecule has 0 aromatic carbocycles. The molecule has 1 heterocycles. The maximum atomic E-state index is 11.9. The number of hydrogen-bond donors (Lipinski definition) is 2. The zero-order chi connectivity index (χ0) is 12.3. The first-order valence-corrected chi connectivity index (χ1v) is 6.99. The van der Waals surface area contributed by atoms with Gasteiger partial charge in [-0.2, -0.15) is 0 Å². The molecule has 1 spiro atoms. The summed E-state index contributed by atoms with van der Waals surface area (Å²) in [7, 11) is 0. The van der Waals surface area contributed by atoms with E-state index >= 15 is 0 Å². The number of urea groups is 1. The second kappa shape index (κ2) is 5.25. The van der Waals surface area contributed by atoms with Crippen LogP contribution in [0.4, 0.5) is 4.79 Å². The summed E-state index contributed by atoms with van der Waals surface area (Å²) in [6.45, 7) is 5.19. The lowest BCUT2D eigenvalue weighted by atomic mass is 10.0. The molecule has 98 valence electrons. The molecular weight excluding hydrogens is 214 g/mol. The van der Waals surface area contributed by atoms with Crippen LogP contribution in [0, 0.1) is 5.92 Å². The molecular formula is C13H25N3O. The zero-order valence-corrected chi connectivity index (χ0v) is 11.1. The van der Waals surface area contributed by atoms with Gasteiger partial charge in [0.15, 0.2) is 0 Å². The van der Waals surface area contributed by atoms with E-state index in [4.69, 9.17) is 0 Å². The topological polar surface area (TPSA) is 44.4 Å². The van der Waals surface area contributed by atoms with Crippen molar-refractivity contribution in [1.82, 2.24) is 15.8 Å². The average Bonchev–Trinajstić information content (AvgIpc) is 2.45. The van der Waals surface area contributed by atoms with Gasteiger partial charge in [0.1, 0.15) is 5.66 Å². The highest BCUT2D eigenvalue weighted by Gasteiger charge is 2.41. The van der Waals surface area contributed by atoms with E-state index in [1.54, 1.807) is 5.01 Å². The lowest BCUT2D eigenvalue weighted by Crippen LogP contribution is -2.50. The molecule has 0 unspecified atom stereocenters. The lowest BCUT2D eigenvalue weighted by molar-refractivity contribution is 0.168. The van der Waals surface area contributed by atoms with E-state index in [-0.39, 0.29) is 11.7 Å². The van der Waals surface area contributed by atoms with E-state index in [0.29, 0.717) is 5.92 Å². The van der Waals surface area contributed by atoms with Gasteiger partial charge < -0.3 is 5.32 Å². The maximum absolute atomic E-state index is 11.9. The number of hydrazine groups is 1. The fourth-order valence-electron chi connectivity index (χ4n) is 2.72. The van der Waals surface area contributed by atoms with E-state index in [1.807, 2.05) is 0 Å². The minimum absolute atomic E-state index is 0.0625. The fourth-order valence-corrected chi connectivity index (χ4v) is 2.72. The summed E-state index contributed by atoms with van der Waals surface area (Å²) in [6, 6.07) is 0.0625. The first-order chi connectivity index (χ1) is 8.11. The first-order valence-electron chi connectivity index (χ1n) is 6.99. The Hall–Kier alpha value is -0.770. The summed E-state index contributed by atoms with van der Waals surface area (Å²) in [5.74, 6) is 0.635. The van der Waals surface area contributed by atoms with E-state index < -0.39 is 0 Å². The van der Waals surface area contributed by atoms with Crippen molar-refractivity contribution in [1.29, 1.82) is 0 Å². The smallest absolute Gasteiger partial charge is 0.317 e. The SMILES string of the molecule is CC(C)CCN1NC2(CCCCCC2)NC1=O. The zero-order valence-electron chi connectivity index (χ0n) is 11.1. The highest BCUT2D eigenvalue weighted by Crippen LogP contribution is 2.28. The van der Waals surface area contributed by atoms with Crippen molar-refractivity contribution >= 4 is 6.03 Å². The van der Waals surface area contributed by atoms with Crippen LogP contribution in [-0.4, -0.2) is 23.2 Å². The van der Waals surface area contributed by atoms with Crippen molar-refractivity contribution in [2.24, 2.45) is 5.92 Å². The van der Waals surface area contributed by atoms with Crippen LogP contribution < -0.4 is 10.7 Å². The minimum atomic E-state index is -0.134. The molecule has 2 amide bonds. The van der Waals surface area contributed by atoms with E-state index in [2.05, 4.69) is 24.6 Å². The van der Waals surface area contributed by atoms with Gasteiger partial charge in [0.05, 0.1) is 0 Å².